The molecule has 1 amide bonds. The van der Waals surface area contributed by atoms with Gasteiger partial charge in [-0.25, -0.2) is 14.2 Å². The summed E-state index contributed by atoms with van der Waals surface area (Å²) < 4.78 is 36.2. The summed E-state index contributed by atoms with van der Waals surface area (Å²) in [6.45, 7) is 2.96. The van der Waals surface area contributed by atoms with Crippen LogP contribution in [-0.2, 0) is 20.7 Å². The number of methoxy groups -OCH3 is 1. The van der Waals surface area contributed by atoms with Crippen molar-refractivity contribution in [2.24, 2.45) is 5.92 Å². The van der Waals surface area contributed by atoms with Crippen LogP contribution in [0.5, 0.6) is 17.2 Å². The van der Waals surface area contributed by atoms with Crippen LogP contribution in [0.1, 0.15) is 49.2 Å². The molecule has 1 fully saturated rings. The number of carbonyl (C=O) groups is 3. The molecule has 3 aromatic rings. The fourth-order valence-corrected chi connectivity index (χ4v) is 4.92. The Morgan fingerprint density at radius 3 is 2.49 bits per heavy atom. The second-order valence-corrected chi connectivity index (χ2v) is 9.87. The van der Waals surface area contributed by atoms with Gasteiger partial charge in [0.15, 0.2) is 11.4 Å². The topological polar surface area (TPSA) is 113 Å². The Balaban J connectivity index is 1.57. The number of benzene rings is 2. The highest BCUT2D eigenvalue weighted by molar-refractivity contribution is 5.98. The van der Waals surface area contributed by atoms with Crippen molar-refractivity contribution in [2.45, 2.75) is 57.8 Å². The number of nitrogens with zero attached hydrogens (tertiary/aromatic N) is 1. The van der Waals surface area contributed by atoms with Gasteiger partial charge in [0.25, 0.3) is 5.91 Å². The molecule has 4 unspecified atom stereocenters. The van der Waals surface area contributed by atoms with Crippen LogP contribution in [0, 0.1) is 11.7 Å². The number of hydrogen-bond acceptors (Lipinski definition) is 8. The van der Waals surface area contributed by atoms with Crippen molar-refractivity contribution in [2.75, 3.05) is 7.11 Å². The predicted molar refractivity (Wildman–Crippen MR) is 147 cm³/mol. The molecule has 0 spiro atoms. The molecule has 1 N–H and O–H groups in total. The average molecular weight is 565 g/mol. The fourth-order valence-electron chi connectivity index (χ4n) is 4.92. The number of nitrogens with one attached hydrogen (secondary N) is 1. The van der Waals surface area contributed by atoms with E-state index in [1.807, 2.05) is 30.3 Å². The second-order valence-electron chi connectivity index (χ2n) is 9.87. The Kier molecular flexibility index (Phi) is 9.89. The van der Waals surface area contributed by atoms with Crippen molar-refractivity contribution in [3.63, 3.8) is 0 Å². The van der Waals surface area contributed by atoms with E-state index >= 15 is 0 Å². The third-order valence-corrected chi connectivity index (χ3v) is 6.86. The van der Waals surface area contributed by atoms with Crippen molar-refractivity contribution in [3.8, 4) is 17.2 Å². The zero-order valence-corrected chi connectivity index (χ0v) is 23.2. The molecule has 1 aliphatic heterocycles. The van der Waals surface area contributed by atoms with Gasteiger partial charge in [-0.3, -0.25) is 9.59 Å². The van der Waals surface area contributed by atoms with Gasteiger partial charge in [0, 0.05) is 25.1 Å². The number of halogens is 1. The lowest BCUT2D eigenvalue weighted by atomic mass is 9.86. The molecule has 0 radical (unpaired) electrons. The molecule has 0 aliphatic carbocycles. The lowest BCUT2D eigenvalue weighted by Gasteiger charge is -2.31. The number of hydrogen-bond donors (Lipinski definition) is 1. The predicted octanol–water partition coefficient (Wildman–Crippen LogP) is 4.68. The highest BCUT2D eigenvalue weighted by atomic mass is 19.1. The number of para-hydroxylation sites is 1. The summed E-state index contributed by atoms with van der Waals surface area (Å²) in [5.41, 5.74) is 0.738. The van der Waals surface area contributed by atoms with E-state index in [9.17, 15) is 18.8 Å². The maximum absolute atomic E-state index is 13.6. The van der Waals surface area contributed by atoms with Crippen LogP contribution >= 0.6 is 0 Å². The van der Waals surface area contributed by atoms with E-state index in [4.69, 9.17) is 18.9 Å². The van der Waals surface area contributed by atoms with Gasteiger partial charge >= 0.3 is 11.9 Å². The number of rotatable bonds is 8. The van der Waals surface area contributed by atoms with Crippen molar-refractivity contribution < 1.29 is 37.7 Å². The minimum atomic E-state index is -0.981. The van der Waals surface area contributed by atoms with Crippen LogP contribution in [0.3, 0.4) is 0 Å². The van der Waals surface area contributed by atoms with Crippen LogP contribution in [0.4, 0.5) is 4.39 Å². The molecule has 1 aliphatic rings. The van der Waals surface area contributed by atoms with Gasteiger partial charge in [0.1, 0.15) is 29.8 Å². The standard InChI is InChI=1S/C31H33FN2O7/c1-19-28(41-24-9-5-4-6-10-24)22(18-21-12-14-23(32)15-13-21)8-7-11-25(31(37)39-19)34-30(36)27-29(40-20(2)35)26(38-3)16-17-33-27/h4-6,9-10,12-17,19,22,25,28H,7-8,11,18H2,1-3H3,(H,34,36). The molecule has 10 heteroatoms. The lowest BCUT2D eigenvalue weighted by Crippen LogP contribution is -2.45. The number of esters is 2. The number of ether oxygens (including phenoxy) is 4. The molecule has 216 valence electrons. The minimum Gasteiger partial charge on any atom is -0.493 e. The Morgan fingerprint density at radius 2 is 1.80 bits per heavy atom. The quantitative estimate of drug-likeness (QED) is 0.393. The molecule has 0 bridgehead atoms. The average Bonchev–Trinajstić information content (AvgIpc) is 3.00. The molecule has 2 heterocycles. The maximum Gasteiger partial charge on any atom is 0.329 e. The fraction of sp³-hybridized carbons (Fsp3) is 0.355. The van der Waals surface area contributed by atoms with Gasteiger partial charge in [-0.05, 0) is 56.0 Å². The van der Waals surface area contributed by atoms with Gasteiger partial charge in [0.05, 0.1) is 7.11 Å². The molecule has 1 aromatic heterocycles. The van der Waals surface area contributed by atoms with E-state index in [2.05, 4.69) is 10.3 Å². The van der Waals surface area contributed by atoms with E-state index in [1.165, 1.54) is 38.4 Å². The smallest absolute Gasteiger partial charge is 0.329 e. The van der Waals surface area contributed by atoms with Gasteiger partial charge < -0.3 is 24.3 Å². The first-order chi connectivity index (χ1) is 19.7. The Labute approximate surface area is 238 Å². The van der Waals surface area contributed by atoms with Crippen LogP contribution in [-0.4, -0.2) is 48.2 Å². The number of pyridine rings is 1. The zero-order chi connectivity index (χ0) is 29.4. The monoisotopic (exact) mass is 564 g/mol. The third-order valence-electron chi connectivity index (χ3n) is 6.86. The van der Waals surface area contributed by atoms with E-state index in [0.717, 1.165) is 5.56 Å². The normalized spacial score (nSPS) is 20.9. The first-order valence-electron chi connectivity index (χ1n) is 13.4. The maximum atomic E-state index is 13.6. The largest absolute Gasteiger partial charge is 0.493 e. The summed E-state index contributed by atoms with van der Waals surface area (Å²) in [4.78, 5) is 42.3. The third kappa shape index (κ3) is 7.81. The van der Waals surface area contributed by atoms with Gasteiger partial charge in [0.2, 0.25) is 5.75 Å². The molecule has 9 nitrogen and oxygen atoms in total. The summed E-state index contributed by atoms with van der Waals surface area (Å²) in [6.07, 6.45) is 2.26. The second kappa shape index (κ2) is 13.7. The van der Waals surface area contributed by atoms with Gasteiger partial charge in [-0.1, -0.05) is 36.8 Å². The summed E-state index contributed by atoms with van der Waals surface area (Å²) >= 11 is 0. The van der Waals surface area contributed by atoms with E-state index in [1.54, 1.807) is 19.1 Å². The highest BCUT2D eigenvalue weighted by Gasteiger charge is 2.36. The van der Waals surface area contributed by atoms with Crippen molar-refractivity contribution in [1.29, 1.82) is 0 Å². The van der Waals surface area contributed by atoms with Crippen molar-refractivity contribution >= 4 is 17.8 Å². The molecule has 4 atom stereocenters. The molecule has 41 heavy (non-hydrogen) atoms. The molecular weight excluding hydrogens is 531 g/mol. The molecular formula is C31H33FN2O7. The molecule has 4 rings (SSSR count). The summed E-state index contributed by atoms with van der Waals surface area (Å²) in [5.74, 6) is -1.73. The lowest BCUT2D eigenvalue weighted by molar-refractivity contribution is -0.156. The van der Waals surface area contributed by atoms with E-state index < -0.39 is 36.1 Å². The first kappa shape index (κ1) is 29.5. The van der Waals surface area contributed by atoms with Gasteiger partial charge in [-0.15, -0.1) is 0 Å². The zero-order valence-electron chi connectivity index (χ0n) is 23.2. The van der Waals surface area contributed by atoms with Gasteiger partial charge in [-0.2, -0.15) is 0 Å². The highest BCUT2D eigenvalue weighted by Crippen LogP contribution is 2.31. The van der Waals surface area contributed by atoms with Crippen molar-refractivity contribution in [3.05, 3.63) is 83.9 Å². The molecule has 0 saturated carbocycles. The Morgan fingerprint density at radius 1 is 1.07 bits per heavy atom. The van der Waals surface area contributed by atoms with Crippen LogP contribution in [0.25, 0.3) is 0 Å². The number of cyclic esters (lactones) is 1. The molecule has 1 saturated heterocycles. The number of amides is 1. The number of aromatic nitrogens is 1. The Bertz CT molecular complexity index is 1350. The minimum absolute atomic E-state index is 0.0754. The summed E-state index contributed by atoms with van der Waals surface area (Å²) in [5, 5.41) is 2.70. The van der Waals surface area contributed by atoms with Crippen molar-refractivity contribution in [1.82, 2.24) is 10.3 Å². The molecule has 2 aromatic carbocycles. The van der Waals surface area contributed by atoms with Crippen LogP contribution in [0.2, 0.25) is 0 Å². The first-order valence-corrected chi connectivity index (χ1v) is 13.4. The summed E-state index contributed by atoms with van der Waals surface area (Å²) in [7, 11) is 1.37. The van der Waals surface area contributed by atoms with Crippen LogP contribution < -0.4 is 19.5 Å². The number of carbonyl (C=O) groups excluding carboxylic acids is 3. The van der Waals surface area contributed by atoms with E-state index in [0.29, 0.717) is 31.4 Å². The van der Waals surface area contributed by atoms with Crippen LogP contribution in [0.15, 0.2) is 66.9 Å². The van der Waals surface area contributed by atoms with E-state index in [-0.39, 0.29) is 28.9 Å². The Hall–Kier alpha value is -4.47. The SMILES string of the molecule is COc1ccnc(C(=O)NC2CCCC(Cc3ccc(F)cc3)C(Oc3ccccc3)C(C)OC2=O)c1OC(C)=O. The summed E-state index contributed by atoms with van der Waals surface area (Å²) in [6, 6.07) is 16.1.